The maximum atomic E-state index is 10.9. The zero-order chi connectivity index (χ0) is 20.4. The molecule has 1 aromatic heterocycles. The Bertz CT molecular complexity index is 1060. The Morgan fingerprint density at radius 1 is 1.24 bits per heavy atom. The van der Waals surface area contributed by atoms with E-state index in [9.17, 15) is 4.79 Å². The zero-order valence-corrected chi connectivity index (χ0v) is 16.8. The minimum Gasteiger partial charge on any atom is -0.493 e. The van der Waals surface area contributed by atoms with Crippen LogP contribution in [0.2, 0.25) is 0 Å². The van der Waals surface area contributed by atoms with Crippen LogP contribution in [0.4, 0.5) is 0 Å². The topological polar surface area (TPSA) is 68.7 Å². The van der Waals surface area contributed by atoms with Crippen LogP contribution in [0.1, 0.15) is 31.4 Å². The van der Waals surface area contributed by atoms with Gasteiger partial charge < -0.3 is 14.6 Å². The fourth-order valence-electron chi connectivity index (χ4n) is 3.94. The van der Waals surface area contributed by atoms with Gasteiger partial charge in [0, 0.05) is 18.0 Å². The number of nitrogens with zero attached hydrogens (tertiary/aromatic N) is 1. The molecule has 0 bridgehead atoms. The van der Waals surface area contributed by atoms with Crippen molar-refractivity contribution in [2.75, 3.05) is 13.2 Å². The summed E-state index contributed by atoms with van der Waals surface area (Å²) in [6.07, 6.45) is 4.48. The molecular weight excluding hydrogens is 366 g/mol. The maximum absolute atomic E-state index is 10.9. The molecule has 0 spiro atoms. The number of hydrogen-bond acceptors (Lipinski definition) is 4. The third-order valence-corrected chi connectivity index (χ3v) is 5.25. The first-order chi connectivity index (χ1) is 13.9. The van der Waals surface area contributed by atoms with E-state index in [1.54, 1.807) is 0 Å². The predicted molar refractivity (Wildman–Crippen MR) is 112 cm³/mol. The minimum absolute atomic E-state index is 0.320. The molecule has 150 valence electrons. The zero-order valence-electron chi connectivity index (χ0n) is 16.8. The number of carbonyl (C=O) groups is 1. The molecule has 0 fully saturated rings. The largest absolute Gasteiger partial charge is 0.493 e. The molecule has 0 saturated carbocycles. The number of rotatable bonds is 6. The molecule has 1 N–H and O–H groups in total. The molecule has 0 saturated heterocycles. The first-order valence-corrected chi connectivity index (χ1v) is 9.91. The van der Waals surface area contributed by atoms with Gasteiger partial charge in [-0.3, -0.25) is 4.98 Å². The lowest BCUT2D eigenvalue weighted by Crippen LogP contribution is -2.30. The molecule has 2 heterocycles. The van der Waals surface area contributed by atoms with Gasteiger partial charge >= 0.3 is 5.97 Å². The lowest BCUT2D eigenvalue weighted by atomic mass is 9.89. The summed E-state index contributed by atoms with van der Waals surface area (Å²) >= 11 is 0. The van der Waals surface area contributed by atoms with E-state index < -0.39 is 11.6 Å². The van der Waals surface area contributed by atoms with E-state index in [0.29, 0.717) is 6.42 Å². The number of aromatic nitrogens is 1. The van der Waals surface area contributed by atoms with Gasteiger partial charge in [0.05, 0.1) is 17.7 Å². The summed E-state index contributed by atoms with van der Waals surface area (Å²) < 4.78 is 11.4. The highest BCUT2D eigenvalue weighted by Gasteiger charge is 2.24. The quantitative estimate of drug-likeness (QED) is 0.662. The number of para-hydroxylation sites is 1. The Kier molecular flexibility index (Phi) is 5.24. The number of aliphatic carboxylic acids is 1. The fourth-order valence-corrected chi connectivity index (χ4v) is 3.94. The predicted octanol–water partition coefficient (Wildman–Crippen LogP) is 4.65. The van der Waals surface area contributed by atoms with E-state index in [4.69, 9.17) is 14.6 Å². The number of carboxylic acid groups (broad SMARTS) is 1. The standard InChI is InChI=1S/C24H25NO4/c1-24(2,29-15-22(26)27)13-18-14-25-20-8-4-3-7-19(20)23(18)17-9-10-21-16(12-17)6-5-11-28-21/h3-4,7-10,12,14H,5-6,11,13,15H2,1-2H3,(H,26,27). The second-order valence-corrected chi connectivity index (χ2v) is 8.07. The summed E-state index contributed by atoms with van der Waals surface area (Å²) in [5, 5.41) is 10.1. The highest BCUT2D eigenvalue weighted by molar-refractivity contribution is 5.96. The second kappa shape index (κ2) is 7.84. The summed E-state index contributed by atoms with van der Waals surface area (Å²) in [6, 6.07) is 14.5. The van der Waals surface area contributed by atoms with Gasteiger partial charge in [-0.25, -0.2) is 4.79 Å². The van der Waals surface area contributed by atoms with Crippen LogP contribution >= 0.6 is 0 Å². The molecule has 0 radical (unpaired) electrons. The van der Waals surface area contributed by atoms with Crippen molar-refractivity contribution in [3.8, 4) is 16.9 Å². The molecule has 5 heteroatoms. The van der Waals surface area contributed by atoms with Gasteiger partial charge in [-0.1, -0.05) is 24.3 Å². The van der Waals surface area contributed by atoms with Gasteiger partial charge in [-0.05, 0) is 67.1 Å². The SMILES string of the molecule is CC(C)(Cc1cnc2ccccc2c1-c1ccc2c(c1)CCCO2)OCC(=O)O. The molecule has 0 amide bonds. The summed E-state index contributed by atoms with van der Waals surface area (Å²) in [4.78, 5) is 15.6. The van der Waals surface area contributed by atoms with Gasteiger partial charge in [-0.15, -0.1) is 0 Å². The number of ether oxygens (including phenoxy) is 2. The molecule has 0 unspecified atom stereocenters. The fraction of sp³-hybridized carbons (Fsp3) is 0.333. The van der Waals surface area contributed by atoms with Crippen LogP contribution in [0, 0.1) is 0 Å². The third kappa shape index (κ3) is 4.25. The summed E-state index contributed by atoms with van der Waals surface area (Å²) in [6.45, 7) is 4.27. The Morgan fingerprint density at radius 2 is 2.07 bits per heavy atom. The summed E-state index contributed by atoms with van der Waals surface area (Å²) in [5.74, 6) is -0.00495. The van der Waals surface area contributed by atoms with Crippen LogP contribution in [0.3, 0.4) is 0 Å². The molecule has 1 aliphatic heterocycles. The normalized spacial score (nSPS) is 13.7. The van der Waals surface area contributed by atoms with E-state index >= 15 is 0 Å². The molecule has 2 aromatic carbocycles. The lowest BCUT2D eigenvalue weighted by Gasteiger charge is -2.26. The second-order valence-electron chi connectivity index (χ2n) is 8.07. The molecule has 0 atom stereocenters. The van der Waals surface area contributed by atoms with Gasteiger partial charge in [0.1, 0.15) is 12.4 Å². The monoisotopic (exact) mass is 391 g/mol. The molecule has 0 aliphatic carbocycles. The number of carboxylic acids is 1. The van der Waals surface area contributed by atoms with Crippen molar-refractivity contribution in [2.24, 2.45) is 0 Å². The average molecular weight is 391 g/mol. The molecule has 3 aromatic rings. The van der Waals surface area contributed by atoms with Crippen molar-refractivity contribution in [3.05, 3.63) is 59.8 Å². The molecule has 29 heavy (non-hydrogen) atoms. The maximum Gasteiger partial charge on any atom is 0.329 e. The van der Waals surface area contributed by atoms with Crippen molar-refractivity contribution in [1.29, 1.82) is 0 Å². The van der Waals surface area contributed by atoms with Crippen LogP contribution < -0.4 is 4.74 Å². The highest BCUT2D eigenvalue weighted by Crippen LogP contribution is 2.37. The average Bonchev–Trinajstić information content (AvgIpc) is 2.71. The molecular formula is C24H25NO4. The summed E-state index contributed by atoms with van der Waals surface area (Å²) in [7, 11) is 0. The minimum atomic E-state index is -0.968. The van der Waals surface area contributed by atoms with Crippen molar-refractivity contribution >= 4 is 16.9 Å². The first kappa shape index (κ1) is 19.4. The van der Waals surface area contributed by atoms with E-state index in [1.807, 2.05) is 38.2 Å². The molecule has 5 nitrogen and oxygen atoms in total. The number of benzene rings is 2. The van der Waals surface area contributed by atoms with E-state index in [1.165, 1.54) is 5.56 Å². The van der Waals surface area contributed by atoms with E-state index in [2.05, 4.69) is 29.2 Å². The van der Waals surface area contributed by atoms with Gasteiger partial charge in [0.2, 0.25) is 0 Å². The third-order valence-electron chi connectivity index (χ3n) is 5.25. The smallest absolute Gasteiger partial charge is 0.329 e. The number of pyridine rings is 1. The van der Waals surface area contributed by atoms with Gasteiger partial charge in [0.25, 0.3) is 0 Å². The summed E-state index contributed by atoms with van der Waals surface area (Å²) in [5.41, 5.74) is 4.81. The Hall–Kier alpha value is -2.92. The lowest BCUT2D eigenvalue weighted by molar-refractivity contribution is -0.148. The van der Waals surface area contributed by atoms with Crippen molar-refractivity contribution < 1.29 is 19.4 Å². The van der Waals surface area contributed by atoms with Crippen LogP contribution in [-0.4, -0.2) is 34.9 Å². The van der Waals surface area contributed by atoms with Crippen LogP contribution in [-0.2, 0) is 22.4 Å². The molecule has 4 rings (SSSR count). The number of hydrogen-bond donors (Lipinski definition) is 1. The van der Waals surface area contributed by atoms with Crippen molar-refractivity contribution in [1.82, 2.24) is 4.98 Å². The number of fused-ring (bicyclic) bond motifs is 2. The Labute approximate surface area is 170 Å². The van der Waals surface area contributed by atoms with E-state index in [-0.39, 0.29) is 6.61 Å². The van der Waals surface area contributed by atoms with Crippen LogP contribution in [0.25, 0.3) is 22.0 Å². The van der Waals surface area contributed by atoms with Crippen molar-refractivity contribution in [2.45, 2.75) is 38.7 Å². The van der Waals surface area contributed by atoms with Crippen LogP contribution in [0.15, 0.2) is 48.7 Å². The van der Waals surface area contributed by atoms with Crippen LogP contribution in [0.5, 0.6) is 5.75 Å². The highest BCUT2D eigenvalue weighted by atomic mass is 16.5. The van der Waals surface area contributed by atoms with Gasteiger partial charge in [-0.2, -0.15) is 0 Å². The molecule has 1 aliphatic rings. The number of aryl methyl sites for hydroxylation is 1. The van der Waals surface area contributed by atoms with E-state index in [0.717, 1.165) is 52.8 Å². The Balaban J connectivity index is 1.81. The van der Waals surface area contributed by atoms with Gasteiger partial charge in [0.15, 0.2) is 0 Å². The van der Waals surface area contributed by atoms with Crippen molar-refractivity contribution in [3.63, 3.8) is 0 Å². The first-order valence-electron chi connectivity index (χ1n) is 9.91. The Morgan fingerprint density at radius 3 is 2.90 bits per heavy atom.